The van der Waals surface area contributed by atoms with E-state index in [1.54, 1.807) is 24.3 Å². The number of rotatable bonds is 3. The van der Waals surface area contributed by atoms with Crippen LogP contribution in [0.25, 0.3) is 0 Å². The number of halogens is 2. The molecule has 0 atom stereocenters. The molecule has 0 N–H and O–H groups in total. The first kappa shape index (κ1) is 11.6. The third kappa shape index (κ3) is 3.04. The van der Waals surface area contributed by atoms with Crippen molar-refractivity contribution in [3.63, 3.8) is 0 Å². The lowest BCUT2D eigenvalue weighted by molar-refractivity contribution is 0.108. The molecule has 2 aromatic carbocycles. The Balaban J connectivity index is 2.13. The van der Waals surface area contributed by atoms with Crippen molar-refractivity contribution in [3.8, 4) is 11.5 Å². The first-order valence-corrected chi connectivity index (χ1v) is 5.26. The Labute approximate surface area is 103 Å². The Hall–Kier alpha value is -1.87. The standard InChI is InChI=1S/C13H8ClFO2/c14-13(16)9-1-5-11(6-2-9)17-12-7-3-10(15)4-8-12/h1-8H. The molecule has 0 spiro atoms. The van der Waals surface area contributed by atoms with Crippen molar-refractivity contribution in [3.05, 3.63) is 59.9 Å². The van der Waals surface area contributed by atoms with E-state index >= 15 is 0 Å². The zero-order valence-electron chi connectivity index (χ0n) is 8.69. The zero-order chi connectivity index (χ0) is 12.3. The van der Waals surface area contributed by atoms with Crippen molar-refractivity contribution in [2.45, 2.75) is 0 Å². The van der Waals surface area contributed by atoms with Crippen LogP contribution in [0.2, 0.25) is 0 Å². The molecule has 2 nitrogen and oxygen atoms in total. The largest absolute Gasteiger partial charge is 0.457 e. The van der Waals surface area contributed by atoms with Gasteiger partial charge in [0.1, 0.15) is 17.3 Å². The molecule has 0 aromatic heterocycles. The van der Waals surface area contributed by atoms with Crippen LogP contribution < -0.4 is 4.74 Å². The average Bonchev–Trinajstić information content (AvgIpc) is 2.33. The predicted molar refractivity (Wildman–Crippen MR) is 63.1 cm³/mol. The van der Waals surface area contributed by atoms with Gasteiger partial charge in [-0.15, -0.1) is 0 Å². The summed E-state index contributed by atoms with van der Waals surface area (Å²) in [7, 11) is 0. The molecule has 0 bridgehead atoms. The van der Waals surface area contributed by atoms with Crippen molar-refractivity contribution >= 4 is 16.8 Å². The molecule has 0 heterocycles. The fraction of sp³-hybridized carbons (Fsp3) is 0. The van der Waals surface area contributed by atoms with Crippen molar-refractivity contribution < 1.29 is 13.9 Å². The highest BCUT2D eigenvalue weighted by Crippen LogP contribution is 2.22. The lowest BCUT2D eigenvalue weighted by Crippen LogP contribution is -1.89. The maximum atomic E-state index is 12.7. The molecule has 0 radical (unpaired) electrons. The maximum Gasteiger partial charge on any atom is 0.252 e. The lowest BCUT2D eigenvalue weighted by atomic mass is 10.2. The third-order valence-corrected chi connectivity index (χ3v) is 2.35. The minimum Gasteiger partial charge on any atom is -0.457 e. The van der Waals surface area contributed by atoms with Gasteiger partial charge in [-0.3, -0.25) is 4.79 Å². The minimum atomic E-state index is -0.515. The molecule has 4 heteroatoms. The second-order valence-electron chi connectivity index (χ2n) is 3.35. The molecule has 0 saturated heterocycles. The molecule has 2 rings (SSSR count). The monoisotopic (exact) mass is 250 g/mol. The van der Waals surface area contributed by atoms with E-state index in [2.05, 4.69) is 0 Å². The first-order chi connectivity index (χ1) is 8.15. The van der Waals surface area contributed by atoms with E-state index in [1.165, 1.54) is 24.3 Å². The molecule has 0 aliphatic rings. The van der Waals surface area contributed by atoms with Crippen LogP contribution in [0.5, 0.6) is 11.5 Å². The van der Waals surface area contributed by atoms with E-state index in [0.717, 1.165) is 0 Å². The van der Waals surface area contributed by atoms with Crippen LogP contribution >= 0.6 is 11.6 Å². The van der Waals surface area contributed by atoms with Crippen LogP contribution in [0.3, 0.4) is 0 Å². The average molecular weight is 251 g/mol. The first-order valence-electron chi connectivity index (χ1n) is 4.88. The Morgan fingerprint density at radius 2 is 1.41 bits per heavy atom. The summed E-state index contributed by atoms with van der Waals surface area (Å²) in [5.74, 6) is 0.759. The number of ether oxygens (including phenoxy) is 1. The quantitative estimate of drug-likeness (QED) is 0.770. The molecule has 2 aromatic rings. The summed E-state index contributed by atoms with van der Waals surface area (Å²) in [6, 6.07) is 12.0. The molecule has 0 saturated carbocycles. The van der Waals surface area contributed by atoms with Gasteiger partial charge in [-0.25, -0.2) is 4.39 Å². The van der Waals surface area contributed by atoms with Crippen LogP contribution in [0.15, 0.2) is 48.5 Å². The number of carbonyl (C=O) groups is 1. The zero-order valence-corrected chi connectivity index (χ0v) is 9.45. The van der Waals surface area contributed by atoms with Crippen molar-refractivity contribution in [2.24, 2.45) is 0 Å². The number of hydrogen-bond acceptors (Lipinski definition) is 2. The molecule has 0 aliphatic heterocycles. The molecule has 0 fully saturated rings. The molecule has 17 heavy (non-hydrogen) atoms. The molecular weight excluding hydrogens is 243 g/mol. The number of benzene rings is 2. The molecule has 0 aliphatic carbocycles. The summed E-state index contributed by atoms with van der Waals surface area (Å²) in [6.45, 7) is 0. The summed E-state index contributed by atoms with van der Waals surface area (Å²) in [6.07, 6.45) is 0. The van der Waals surface area contributed by atoms with E-state index in [9.17, 15) is 9.18 Å². The summed E-state index contributed by atoms with van der Waals surface area (Å²) in [5.41, 5.74) is 0.401. The van der Waals surface area contributed by atoms with Gasteiger partial charge >= 0.3 is 0 Å². The summed E-state index contributed by atoms with van der Waals surface area (Å²) in [4.78, 5) is 10.8. The van der Waals surface area contributed by atoms with Gasteiger partial charge in [-0.1, -0.05) is 0 Å². The van der Waals surface area contributed by atoms with Crippen LogP contribution in [0, 0.1) is 5.82 Å². The number of carbonyl (C=O) groups excluding carboxylic acids is 1. The lowest BCUT2D eigenvalue weighted by Gasteiger charge is -2.05. The van der Waals surface area contributed by atoms with E-state index < -0.39 is 5.24 Å². The van der Waals surface area contributed by atoms with Gasteiger partial charge < -0.3 is 4.74 Å². The fourth-order valence-corrected chi connectivity index (χ4v) is 1.42. The highest BCUT2D eigenvalue weighted by molar-refractivity contribution is 6.67. The summed E-state index contributed by atoms with van der Waals surface area (Å²) < 4.78 is 18.1. The van der Waals surface area contributed by atoms with Gasteiger partial charge in [0.2, 0.25) is 0 Å². The summed E-state index contributed by atoms with van der Waals surface area (Å²) in [5, 5.41) is -0.515. The van der Waals surface area contributed by atoms with Gasteiger partial charge in [0.25, 0.3) is 5.24 Å². The van der Waals surface area contributed by atoms with Gasteiger partial charge in [-0.2, -0.15) is 0 Å². The second-order valence-corrected chi connectivity index (χ2v) is 3.70. The molecule has 0 unspecified atom stereocenters. The smallest absolute Gasteiger partial charge is 0.252 e. The van der Waals surface area contributed by atoms with Crippen LogP contribution in [0.1, 0.15) is 10.4 Å². The predicted octanol–water partition coefficient (Wildman–Crippen LogP) is 4.00. The van der Waals surface area contributed by atoms with E-state index in [-0.39, 0.29) is 5.82 Å². The van der Waals surface area contributed by atoms with Gasteiger partial charge in [0.05, 0.1) is 0 Å². The Morgan fingerprint density at radius 1 is 0.941 bits per heavy atom. The Morgan fingerprint density at radius 3 is 1.88 bits per heavy atom. The SMILES string of the molecule is O=C(Cl)c1ccc(Oc2ccc(F)cc2)cc1. The van der Waals surface area contributed by atoms with Crippen molar-refractivity contribution in [1.82, 2.24) is 0 Å². The van der Waals surface area contributed by atoms with Crippen molar-refractivity contribution in [2.75, 3.05) is 0 Å². The highest BCUT2D eigenvalue weighted by Gasteiger charge is 2.02. The summed E-state index contributed by atoms with van der Waals surface area (Å²) >= 11 is 5.31. The van der Waals surface area contributed by atoms with Gasteiger partial charge in [0.15, 0.2) is 0 Å². The third-order valence-electron chi connectivity index (χ3n) is 2.13. The molecule has 0 amide bonds. The molecular formula is C13H8ClFO2. The highest BCUT2D eigenvalue weighted by atomic mass is 35.5. The Kier molecular flexibility index (Phi) is 3.40. The van der Waals surface area contributed by atoms with Crippen molar-refractivity contribution in [1.29, 1.82) is 0 Å². The van der Waals surface area contributed by atoms with Crippen LogP contribution in [-0.4, -0.2) is 5.24 Å². The van der Waals surface area contributed by atoms with Gasteiger partial charge in [-0.05, 0) is 60.1 Å². The fourth-order valence-electron chi connectivity index (χ4n) is 1.29. The van der Waals surface area contributed by atoms with Crippen LogP contribution in [0.4, 0.5) is 4.39 Å². The normalized spacial score (nSPS) is 10.0. The van der Waals surface area contributed by atoms with E-state index in [0.29, 0.717) is 17.1 Å². The van der Waals surface area contributed by atoms with Crippen LogP contribution in [-0.2, 0) is 0 Å². The second kappa shape index (κ2) is 4.97. The van der Waals surface area contributed by atoms with Gasteiger partial charge in [0, 0.05) is 5.56 Å². The minimum absolute atomic E-state index is 0.319. The van der Waals surface area contributed by atoms with E-state index in [4.69, 9.17) is 16.3 Å². The maximum absolute atomic E-state index is 12.7. The molecule has 86 valence electrons. The number of hydrogen-bond donors (Lipinski definition) is 0. The van der Waals surface area contributed by atoms with E-state index in [1.807, 2.05) is 0 Å². The Bertz CT molecular complexity index is 520. The topological polar surface area (TPSA) is 26.3 Å².